The van der Waals surface area contributed by atoms with Crippen LogP contribution in [0.5, 0.6) is 0 Å². The minimum absolute atomic E-state index is 0.00280. The molecule has 3 unspecified atom stereocenters. The van der Waals surface area contributed by atoms with Crippen molar-refractivity contribution in [3.63, 3.8) is 0 Å². The van der Waals surface area contributed by atoms with Gasteiger partial charge < -0.3 is 5.32 Å². The molecule has 3 N–H and O–H groups in total. The minimum atomic E-state index is -1.59. The highest BCUT2D eigenvalue weighted by molar-refractivity contribution is 7.82. The van der Waals surface area contributed by atoms with E-state index in [0.29, 0.717) is 35.9 Å². The Kier molecular flexibility index (Phi) is 9.12. The predicted octanol–water partition coefficient (Wildman–Crippen LogP) is 2.00. The first-order chi connectivity index (χ1) is 12.5. The van der Waals surface area contributed by atoms with Crippen LogP contribution in [0.2, 0.25) is 0 Å². The number of piperidine rings is 1. The molecule has 0 radical (unpaired) electrons. The fraction of sp³-hybridized carbons (Fsp3) is 0.688. The number of thiophene rings is 1. The number of carbonyl (C=O) groups is 1. The summed E-state index contributed by atoms with van der Waals surface area (Å²) in [5.74, 6) is 0.528. The number of carbonyl (C=O) groups excluding carboxylic acids is 1. The molecule has 10 heteroatoms. The molecule has 1 aliphatic heterocycles. The van der Waals surface area contributed by atoms with Gasteiger partial charge in [0.25, 0.3) is 0 Å². The third kappa shape index (κ3) is 7.03. The van der Waals surface area contributed by atoms with Crippen molar-refractivity contribution >= 4 is 28.3 Å². The van der Waals surface area contributed by atoms with Gasteiger partial charge in [-0.25, -0.2) is 4.21 Å². The van der Waals surface area contributed by atoms with Gasteiger partial charge in [-0.3, -0.25) is 14.8 Å². The maximum atomic E-state index is 12.3. The number of hydrogen-bond acceptors (Lipinski definition) is 8. The second-order valence-corrected chi connectivity index (χ2v) is 8.92. The molecule has 1 saturated heterocycles. The first-order valence-electron chi connectivity index (χ1n) is 8.70. The SMILES string of the molecule is CC(C)CCC(=O)NC1CCN(OS(=O)c2cccs2)C(CONO)C1. The molecule has 0 bridgehead atoms. The van der Waals surface area contributed by atoms with Crippen LogP contribution in [0.15, 0.2) is 21.7 Å². The lowest BCUT2D eigenvalue weighted by Gasteiger charge is -2.37. The van der Waals surface area contributed by atoms with Gasteiger partial charge in [-0.05, 0) is 36.6 Å². The van der Waals surface area contributed by atoms with E-state index in [9.17, 15) is 9.00 Å². The van der Waals surface area contributed by atoms with E-state index in [1.54, 1.807) is 16.8 Å². The van der Waals surface area contributed by atoms with Crippen molar-refractivity contribution in [2.75, 3.05) is 13.2 Å². The van der Waals surface area contributed by atoms with E-state index < -0.39 is 11.1 Å². The lowest BCUT2D eigenvalue weighted by molar-refractivity contribution is -0.179. The van der Waals surface area contributed by atoms with Crippen molar-refractivity contribution < 1.29 is 23.3 Å². The Bertz CT molecular complexity index is 570. The lowest BCUT2D eigenvalue weighted by atomic mass is 9.99. The molecule has 2 rings (SSSR count). The van der Waals surface area contributed by atoms with Crippen LogP contribution < -0.4 is 11.0 Å². The highest BCUT2D eigenvalue weighted by atomic mass is 32.2. The van der Waals surface area contributed by atoms with Crippen LogP contribution >= 0.6 is 11.3 Å². The molecule has 8 nitrogen and oxygen atoms in total. The molecule has 3 atom stereocenters. The monoisotopic (exact) mass is 405 g/mol. The Hall–Kier alpha value is -0.880. The maximum absolute atomic E-state index is 12.3. The van der Waals surface area contributed by atoms with Crippen LogP contribution in [-0.4, -0.2) is 45.6 Å². The van der Waals surface area contributed by atoms with Crippen molar-refractivity contribution in [2.24, 2.45) is 5.92 Å². The second-order valence-electron chi connectivity index (χ2n) is 6.66. The summed E-state index contributed by atoms with van der Waals surface area (Å²) in [6, 6.07) is 3.32. The zero-order valence-electron chi connectivity index (χ0n) is 15.1. The fourth-order valence-electron chi connectivity index (χ4n) is 2.74. The van der Waals surface area contributed by atoms with Gasteiger partial charge in [0.1, 0.15) is 4.21 Å². The van der Waals surface area contributed by atoms with Gasteiger partial charge >= 0.3 is 0 Å². The van der Waals surface area contributed by atoms with E-state index in [1.165, 1.54) is 11.3 Å². The van der Waals surface area contributed by atoms with Crippen molar-refractivity contribution in [3.8, 4) is 0 Å². The molecule has 1 aromatic rings. The third-order valence-corrected chi connectivity index (χ3v) is 6.29. The van der Waals surface area contributed by atoms with Gasteiger partial charge in [-0.1, -0.05) is 25.6 Å². The number of hydrogen-bond donors (Lipinski definition) is 3. The minimum Gasteiger partial charge on any atom is -0.353 e. The van der Waals surface area contributed by atoms with E-state index in [4.69, 9.17) is 14.3 Å². The van der Waals surface area contributed by atoms with Crippen LogP contribution in [0.4, 0.5) is 0 Å². The van der Waals surface area contributed by atoms with Crippen LogP contribution in [0.1, 0.15) is 39.5 Å². The first-order valence-corrected chi connectivity index (χ1v) is 10.7. The van der Waals surface area contributed by atoms with Gasteiger partial charge in [0.05, 0.1) is 12.6 Å². The molecule has 1 amide bonds. The van der Waals surface area contributed by atoms with E-state index in [1.807, 2.05) is 11.4 Å². The molecule has 26 heavy (non-hydrogen) atoms. The molecule has 1 aromatic heterocycles. The predicted molar refractivity (Wildman–Crippen MR) is 98.4 cm³/mol. The van der Waals surface area contributed by atoms with Gasteiger partial charge in [0, 0.05) is 19.0 Å². The third-order valence-electron chi connectivity index (χ3n) is 4.14. The number of nitrogens with zero attached hydrogens (tertiary/aromatic N) is 1. The summed E-state index contributed by atoms with van der Waals surface area (Å²) in [6.45, 7) is 4.82. The van der Waals surface area contributed by atoms with E-state index in [2.05, 4.69) is 19.2 Å². The van der Waals surface area contributed by atoms with Gasteiger partial charge in [0.15, 0.2) is 0 Å². The molecule has 148 valence electrons. The average molecular weight is 406 g/mol. The molecule has 0 saturated carbocycles. The van der Waals surface area contributed by atoms with E-state index >= 15 is 0 Å². The fourth-order valence-corrected chi connectivity index (χ4v) is 4.40. The number of amides is 1. The average Bonchev–Trinajstić information content (AvgIpc) is 3.14. The smallest absolute Gasteiger partial charge is 0.220 e. The summed E-state index contributed by atoms with van der Waals surface area (Å²) in [6.07, 6.45) is 2.64. The Morgan fingerprint density at radius 1 is 1.54 bits per heavy atom. The van der Waals surface area contributed by atoms with Crippen LogP contribution in [0.25, 0.3) is 0 Å². The Morgan fingerprint density at radius 3 is 3.00 bits per heavy atom. The van der Waals surface area contributed by atoms with Crippen LogP contribution in [0, 0.1) is 5.92 Å². The van der Waals surface area contributed by atoms with E-state index in [-0.39, 0.29) is 24.6 Å². The zero-order valence-corrected chi connectivity index (χ0v) is 16.7. The number of hydroxylamine groups is 2. The molecule has 0 spiro atoms. The molecular weight excluding hydrogens is 378 g/mol. The van der Waals surface area contributed by atoms with Gasteiger partial charge in [0.2, 0.25) is 17.0 Å². The Labute approximate surface area is 160 Å². The molecule has 0 aliphatic carbocycles. The van der Waals surface area contributed by atoms with Crippen molar-refractivity contribution in [2.45, 2.75) is 55.8 Å². The van der Waals surface area contributed by atoms with Crippen LogP contribution in [0.3, 0.4) is 0 Å². The first kappa shape index (κ1) is 21.4. The number of rotatable bonds is 10. The van der Waals surface area contributed by atoms with Crippen LogP contribution in [-0.2, 0) is 25.0 Å². The topological polar surface area (TPSA) is 100 Å². The maximum Gasteiger partial charge on any atom is 0.220 e. The highest BCUT2D eigenvalue weighted by Crippen LogP contribution is 2.23. The zero-order chi connectivity index (χ0) is 18.9. The summed E-state index contributed by atoms with van der Waals surface area (Å²) in [5, 5.41) is 15.2. The molecule has 1 aliphatic rings. The molecule has 0 aromatic carbocycles. The van der Waals surface area contributed by atoms with E-state index in [0.717, 1.165) is 6.42 Å². The summed E-state index contributed by atoms with van der Waals surface area (Å²) in [5.41, 5.74) is 1.66. The molecule has 1 fully saturated rings. The normalized spacial score (nSPS) is 22.5. The Balaban J connectivity index is 1.88. The summed E-state index contributed by atoms with van der Waals surface area (Å²) < 4.78 is 18.5. The van der Waals surface area contributed by atoms with Crippen molar-refractivity contribution in [3.05, 3.63) is 17.5 Å². The lowest BCUT2D eigenvalue weighted by Crippen LogP contribution is -2.52. The highest BCUT2D eigenvalue weighted by Gasteiger charge is 2.32. The van der Waals surface area contributed by atoms with Gasteiger partial charge in [-0.15, -0.1) is 11.3 Å². The number of nitrogens with one attached hydrogen (secondary N) is 2. The second kappa shape index (κ2) is 11.1. The summed E-state index contributed by atoms with van der Waals surface area (Å²) in [7, 11) is 0. The molecule has 2 heterocycles. The quantitative estimate of drug-likeness (QED) is 0.512. The Morgan fingerprint density at radius 2 is 2.35 bits per heavy atom. The summed E-state index contributed by atoms with van der Waals surface area (Å²) in [4.78, 5) is 16.9. The van der Waals surface area contributed by atoms with Crippen molar-refractivity contribution in [1.29, 1.82) is 0 Å². The summed E-state index contributed by atoms with van der Waals surface area (Å²) >= 11 is -0.225. The largest absolute Gasteiger partial charge is 0.353 e. The molecular formula is C16H27N3O5S2. The van der Waals surface area contributed by atoms with Gasteiger partial charge in [-0.2, -0.15) is 9.35 Å². The van der Waals surface area contributed by atoms with Crippen molar-refractivity contribution in [1.82, 2.24) is 16.0 Å². The standard InChI is InChI=1S/C16H27N3O5S2/c1-12(2)5-6-15(20)17-13-7-8-19(14(10-13)11-23-18-21)24-26(22)16-4-3-9-25-16/h3-4,9,12-14,18,21H,5-8,10-11H2,1-2H3,(H,17,20).